The van der Waals surface area contributed by atoms with Crippen LogP contribution in [-0.2, 0) is 9.53 Å². The number of rotatable bonds is 33. The van der Waals surface area contributed by atoms with E-state index in [0.29, 0.717) is 13.0 Å². The first-order chi connectivity index (χ1) is 19.3. The molecule has 0 aliphatic rings. The first-order valence-corrected chi connectivity index (χ1v) is 18.1. The molecule has 0 heterocycles. The molecule has 0 bridgehead atoms. The molecule has 0 radical (unpaired) electrons. The molecule has 0 unspecified atom stereocenters. The molecule has 0 aromatic heterocycles. The molecule has 0 rings (SSSR count). The summed E-state index contributed by atoms with van der Waals surface area (Å²) in [7, 11) is 0. The van der Waals surface area contributed by atoms with Gasteiger partial charge in [0, 0.05) is 6.42 Å². The lowest BCUT2D eigenvalue weighted by atomic mass is 10.0. The molecule has 0 amide bonds. The number of allylic oxidation sites excluding steroid dienone is 2. The van der Waals surface area contributed by atoms with Crippen LogP contribution < -0.4 is 0 Å². The number of ether oxygens (including phenoxy) is 1. The number of carbonyl (C=O) groups excluding carboxylic acids is 1. The molecule has 0 spiro atoms. The maximum Gasteiger partial charge on any atom is 0.305 e. The Hall–Kier alpha value is -0.790. The van der Waals surface area contributed by atoms with E-state index in [-0.39, 0.29) is 5.97 Å². The van der Waals surface area contributed by atoms with Crippen molar-refractivity contribution in [1.82, 2.24) is 0 Å². The minimum atomic E-state index is 0.0235. The van der Waals surface area contributed by atoms with E-state index in [1.165, 1.54) is 180 Å². The third-order valence-corrected chi connectivity index (χ3v) is 8.15. The van der Waals surface area contributed by atoms with Crippen molar-refractivity contribution in [3.63, 3.8) is 0 Å². The quantitative estimate of drug-likeness (QED) is 0.0463. The van der Waals surface area contributed by atoms with Crippen molar-refractivity contribution in [1.29, 1.82) is 0 Å². The molecule has 0 aliphatic heterocycles. The molecule has 0 atom stereocenters. The van der Waals surface area contributed by atoms with Crippen LogP contribution in [0, 0.1) is 0 Å². The van der Waals surface area contributed by atoms with Crippen molar-refractivity contribution in [2.75, 3.05) is 6.61 Å². The van der Waals surface area contributed by atoms with Crippen LogP contribution >= 0.6 is 0 Å². The summed E-state index contributed by atoms with van der Waals surface area (Å²) in [6.07, 6.45) is 45.6. The smallest absolute Gasteiger partial charge is 0.305 e. The summed E-state index contributed by atoms with van der Waals surface area (Å²) >= 11 is 0. The van der Waals surface area contributed by atoms with E-state index in [2.05, 4.69) is 26.0 Å². The summed E-state index contributed by atoms with van der Waals surface area (Å²) in [6.45, 7) is 5.19. The maximum absolute atomic E-state index is 11.9. The minimum absolute atomic E-state index is 0.0235. The van der Waals surface area contributed by atoms with E-state index in [0.717, 1.165) is 12.8 Å². The van der Waals surface area contributed by atoms with Gasteiger partial charge in [0.2, 0.25) is 0 Å². The van der Waals surface area contributed by atoms with E-state index < -0.39 is 0 Å². The van der Waals surface area contributed by atoms with Gasteiger partial charge in [0.05, 0.1) is 6.61 Å². The highest BCUT2D eigenvalue weighted by Gasteiger charge is 2.02. The molecule has 2 heteroatoms. The molecule has 0 saturated carbocycles. The van der Waals surface area contributed by atoms with Crippen LogP contribution in [0.2, 0.25) is 0 Å². The monoisotopic (exact) mass is 549 g/mol. The van der Waals surface area contributed by atoms with Crippen molar-refractivity contribution < 1.29 is 9.53 Å². The first kappa shape index (κ1) is 38.2. The summed E-state index contributed by atoms with van der Waals surface area (Å²) in [4.78, 5) is 11.9. The van der Waals surface area contributed by atoms with Crippen molar-refractivity contribution in [3.8, 4) is 0 Å². The lowest BCUT2D eigenvalue weighted by molar-refractivity contribution is -0.143. The Morgan fingerprint density at radius 3 is 1.10 bits per heavy atom. The topological polar surface area (TPSA) is 26.3 Å². The highest BCUT2D eigenvalue weighted by Crippen LogP contribution is 2.14. The number of esters is 1. The summed E-state index contributed by atoms with van der Waals surface area (Å²) in [5.41, 5.74) is 0. The fraction of sp³-hybridized carbons (Fsp3) is 0.919. The van der Waals surface area contributed by atoms with Crippen LogP contribution in [0.4, 0.5) is 0 Å². The summed E-state index contributed by atoms with van der Waals surface area (Å²) in [5, 5.41) is 0. The second kappa shape index (κ2) is 35.2. The molecule has 2 nitrogen and oxygen atoms in total. The number of carbonyl (C=O) groups is 1. The highest BCUT2D eigenvalue weighted by molar-refractivity contribution is 5.69. The summed E-state index contributed by atoms with van der Waals surface area (Å²) in [5.74, 6) is 0.0235. The normalized spacial score (nSPS) is 11.5. The highest BCUT2D eigenvalue weighted by atomic mass is 16.5. The lowest BCUT2D eigenvalue weighted by Gasteiger charge is -2.06. The zero-order valence-electron chi connectivity index (χ0n) is 27.1. The average Bonchev–Trinajstić information content (AvgIpc) is 2.94. The number of unbranched alkanes of at least 4 members (excludes halogenated alkanes) is 27. The van der Waals surface area contributed by atoms with Gasteiger partial charge in [0.1, 0.15) is 0 Å². The predicted octanol–water partition coefficient (Wildman–Crippen LogP) is 13.2. The van der Waals surface area contributed by atoms with Gasteiger partial charge in [-0.3, -0.25) is 4.79 Å². The van der Waals surface area contributed by atoms with Gasteiger partial charge in [0.15, 0.2) is 0 Å². The van der Waals surface area contributed by atoms with Crippen molar-refractivity contribution >= 4 is 5.97 Å². The zero-order valence-corrected chi connectivity index (χ0v) is 27.1. The predicted molar refractivity (Wildman–Crippen MR) is 175 cm³/mol. The Kier molecular flexibility index (Phi) is 34.5. The molecule has 0 saturated heterocycles. The van der Waals surface area contributed by atoms with Gasteiger partial charge in [-0.25, -0.2) is 0 Å². The van der Waals surface area contributed by atoms with Crippen LogP contribution in [0.3, 0.4) is 0 Å². The van der Waals surface area contributed by atoms with Gasteiger partial charge in [-0.2, -0.15) is 0 Å². The Balaban J connectivity index is 3.17. The largest absolute Gasteiger partial charge is 0.466 e. The lowest BCUT2D eigenvalue weighted by Crippen LogP contribution is -2.05. The Morgan fingerprint density at radius 1 is 0.410 bits per heavy atom. The molecule has 0 N–H and O–H groups in total. The van der Waals surface area contributed by atoms with E-state index in [1.807, 2.05) is 0 Å². The fourth-order valence-electron chi connectivity index (χ4n) is 5.43. The number of hydrogen-bond donors (Lipinski definition) is 0. The van der Waals surface area contributed by atoms with Crippen LogP contribution in [0.15, 0.2) is 12.2 Å². The Morgan fingerprint density at radius 2 is 0.718 bits per heavy atom. The van der Waals surface area contributed by atoms with Crippen LogP contribution in [-0.4, -0.2) is 12.6 Å². The van der Waals surface area contributed by atoms with Gasteiger partial charge < -0.3 is 4.74 Å². The molecule has 0 aromatic rings. The molecular formula is C37H72O2. The van der Waals surface area contributed by atoms with Crippen molar-refractivity contribution in [2.24, 2.45) is 0 Å². The van der Waals surface area contributed by atoms with Gasteiger partial charge in [-0.15, -0.1) is 0 Å². The van der Waals surface area contributed by atoms with E-state index in [9.17, 15) is 4.79 Å². The number of hydrogen-bond acceptors (Lipinski definition) is 2. The maximum atomic E-state index is 11.9. The van der Waals surface area contributed by atoms with E-state index >= 15 is 0 Å². The Bertz CT molecular complexity index is 484. The van der Waals surface area contributed by atoms with E-state index in [4.69, 9.17) is 4.74 Å². The summed E-state index contributed by atoms with van der Waals surface area (Å²) < 4.78 is 5.43. The van der Waals surface area contributed by atoms with Crippen LogP contribution in [0.5, 0.6) is 0 Å². The van der Waals surface area contributed by atoms with Crippen LogP contribution in [0.25, 0.3) is 0 Å². The standard InChI is InChI=1S/C37H72O2/c1-3-5-7-9-11-13-15-16-17-18-19-20-21-22-23-24-25-27-29-31-33-35-37(38)39-36-34-32-30-28-26-14-12-10-8-6-4-2/h16-17H,3-15,18-36H2,1-2H3. The molecule has 39 heavy (non-hydrogen) atoms. The van der Waals surface area contributed by atoms with Gasteiger partial charge in [-0.1, -0.05) is 180 Å². The molecule has 0 aliphatic carbocycles. The van der Waals surface area contributed by atoms with Crippen molar-refractivity contribution in [2.45, 2.75) is 213 Å². The third-order valence-electron chi connectivity index (χ3n) is 8.15. The average molecular weight is 549 g/mol. The van der Waals surface area contributed by atoms with E-state index in [1.54, 1.807) is 0 Å². The Labute approximate surface area is 246 Å². The van der Waals surface area contributed by atoms with Gasteiger partial charge in [-0.05, 0) is 38.5 Å². The second-order valence-electron chi connectivity index (χ2n) is 12.2. The molecule has 0 aromatic carbocycles. The zero-order chi connectivity index (χ0) is 28.3. The third kappa shape index (κ3) is 35.2. The first-order valence-electron chi connectivity index (χ1n) is 18.1. The second-order valence-corrected chi connectivity index (χ2v) is 12.2. The van der Waals surface area contributed by atoms with Gasteiger partial charge in [0.25, 0.3) is 0 Å². The van der Waals surface area contributed by atoms with Crippen molar-refractivity contribution in [3.05, 3.63) is 12.2 Å². The summed E-state index contributed by atoms with van der Waals surface area (Å²) in [6, 6.07) is 0. The molecular weight excluding hydrogens is 476 g/mol. The molecule has 232 valence electrons. The fourth-order valence-corrected chi connectivity index (χ4v) is 5.43. The van der Waals surface area contributed by atoms with Gasteiger partial charge >= 0.3 is 5.97 Å². The SMILES string of the molecule is CCCCCCCCC=CCCCCCCCCCCCCCC(=O)OCCCCCCCCCCCCC. The van der Waals surface area contributed by atoms with Crippen LogP contribution in [0.1, 0.15) is 213 Å². The molecule has 0 fully saturated rings. The minimum Gasteiger partial charge on any atom is -0.466 e.